The van der Waals surface area contributed by atoms with Gasteiger partial charge in [-0.3, -0.25) is 4.79 Å². The van der Waals surface area contributed by atoms with Gasteiger partial charge < -0.3 is 10.4 Å². The van der Waals surface area contributed by atoms with Gasteiger partial charge in [0.15, 0.2) is 5.82 Å². The second-order valence-electron chi connectivity index (χ2n) is 4.06. The van der Waals surface area contributed by atoms with E-state index in [1.54, 1.807) is 0 Å². The van der Waals surface area contributed by atoms with E-state index in [-0.39, 0.29) is 26.9 Å². The van der Waals surface area contributed by atoms with E-state index >= 15 is 0 Å². The van der Waals surface area contributed by atoms with Crippen molar-refractivity contribution in [2.45, 2.75) is 0 Å². The van der Waals surface area contributed by atoms with Gasteiger partial charge in [-0.2, -0.15) is 0 Å². The zero-order valence-electron chi connectivity index (χ0n) is 10.4. The molecule has 2 aromatic rings. The minimum Gasteiger partial charge on any atom is -0.478 e. The van der Waals surface area contributed by atoms with Crippen LogP contribution < -0.4 is 5.32 Å². The molecule has 2 rings (SSSR count). The maximum atomic E-state index is 13.7. The maximum Gasteiger partial charge on any atom is 0.335 e. The number of amides is 1. The smallest absolute Gasteiger partial charge is 0.335 e. The van der Waals surface area contributed by atoms with Crippen LogP contribution in [0, 0.1) is 5.82 Å². The first kappa shape index (κ1) is 15.3. The van der Waals surface area contributed by atoms with Crippen molar-refractivity contribution >= 4 is 40.8 Å². The van der Waals surface area contributed by atoms with E-state index in [0.29, 0.717) is 0 Å². The molecule has 0 heterocycles. The molecule has 21 heavy (non-hydrogen) atoms. The highest BCUT2D eigenvalue weighted by Crippen LogP contribution is 2.25. The lowest BCUT2D eigenvalue weighted by Gasteiger charge is -2.09. The summed E-state index contributed by atoms with van der Waals surface area (Å²) in [6, 6.07) is 7.83. The van der Waals surface area contributed by atoms with Crippen LogP contribution in [0.2, 0.25) is 10.0 Å². The van der Waals surface area contributed by atoms with E-state index in [1.807, 2.05) is 0 Å². The molecule has 7 heteroatoms. The molecular weight excluding hydrogens is 320 g/mol. The van der Waals surface area contributed by atoms with E-state index in [4.69, 9.17) is 28.3 Å². The second-order valence-corrected chi connectivity index (χ2v) is 4.87. The van der Waals surface area contributed by atoms with Gasteiger partial charge in [0.25, 0.3) is 5.91 Å². The first-order valence-corrected chi connectivity index (χ1v) is 6.44. The van der Waals surface area contributed by atoms with Gasteiger partial charge in [0.2, 0.25) is 0 Å². The lowest BCUT2D eigenvalue weighted by molar-refractivity contribution is 0.0696. The normalized spacial score (nSPS) is 10.2. The van der Waals surface area contributed by atoms with Gasteiger partial charge in [0, 0.05) is 0 Å². The van der Waals surface area contributed by atoms with Crippen LogP contribution in [0.3, 0.4) is 0 Å². The summed E-state index contributed by atoms with van der Waals surface area (Å²) in [7, 11) is 0. The number of rotatable bonds is 3. The molecule has 0 spiro atoms. The fraction of sp³-hybridized carbons (Fsp3) is 0. The number of hydrogen-bond acceptors (Lipinski definition) is 2. The molecule has 0 aliphatic carbocycles. The van der Waals surface area contributed by atoms with Crippen molar-refractivity contribution < 1.29 is 19.1 Å². The minimum absolute atomic E-state index is 0.0214. The zero-order valence-corrected chi connectivity index (χ0v) is 11.9. The zero-order chi connectivity index (χ0) is 15.6. The van der Waals surface area contributed by atoms with Crippen LogP contribution in [-0.2, 0) is 0 Å². The van der Waals surface area contributed by atoms with Crippen LogP contribution in [0.25, 0.3) is 0 Å². The highest BCUT2D eigenvalue weighted by atomic mass is 35.5. The van der Waals surface area contributed by atoms with Crippen LogP contribution in [0.1, 0.15) is 20.7 Å². The van der Waals surface area contributed by atoms with Gasteiger partial charge in [-0.1, -0.05) is 29.3 Å². The average Bonchev–Trinajstić information content (AvgIpc) is 2.43. The van der Waals surface area contributed by atoms with Crippen molar-refractivity contribution in [3.8, 4) is 0 Å². The molecule has 2 aromatic carbocycles. The molecule has 0 aliphatic heterocycles. The molecule has 0 bridgehead atoms. The number of nitrogens with one attached hydrogen (secondary N) is 1. The Hall–Kier alpha value is -2.11. The molecule has 1 amide bonds. The topological polar surface area (TPSA) is 66.4 Å². The lowest BCUT2D eigenvalue weighted by atomic mass is 10.1. The summed E-state index contributed by atoms with van der Waals surface area (Å²) in [5.41, 5.74) is -0.0844. The summed E-state index contributed by atoms with van der Waals surface area (Å²) >= 11 is 11.5. The number of hydrogen-bond donors (Lipinski definition) is 2. The summed E-state index contributed by atoms with van der Waals surface area (Å²) in [5.74, 6) is -2.72. The molecule has 108 valence electrons. The van der Waals surface area contributed by atoms with Gasteiger partial charge in [-0.25, -0.2) is 9.18 Å². The number of halogens is 3. The van der Waals surface area contributed by atoms with Gasteiger partial charge >= 0.3 is 5.97 Å². The Bertz CT molecular complexity index is 734. The quantitative estimate of drug-likeness (QED) is 0.892. The van der Waals surface area contributed by atoms with E-state index in [2.05, 4.69) is 5.32 Å². The van der Waals surface area contributed by atoms with Crippen LogP contribution in [0.4, 0.5) is 10.1 Å². The van der Waals surface area contributed by atoms with Crippen molar-refractivity contribution in [1.82, 2.24) is 0 Å². The van der Waals surface area contributed by atoms with E-state index in [1.165, 1.54) is 36.4 Å². The number of carbonyl (C=O) groups is 2. The van der Waals surface area contributed by atoms with Crippen LogP contribution in [-0.4, -0.2) is 17.0 Å². The monoisotopic (exact) mass is 327 g/mol. The van der Waals surface area contributed by atoms with Gasteiger partial charge in [0.05, 0.1) is 26.9 Å². The Morgan fingerprint density at radius 2 is 1.81 bits per heavy atom. The van der Waals surface area contributed by atoms with Crippen LogP contribution in [0.5, 0.6) is 0 Å². The molecule has 0 fully saturated rings. The van der Waals surface area contributed by atoms with Crippen molar-refractivity contribution in [2.24, 2.45) is 0 Å². The Labute approximate surface area is 129 Å². The first-order chi connectivity index (χ1) is 9.90. The maximum absolute atomic E-state index is 13.7. The van der Waals surface area contributed by atoms with Gasteiger partial charge in [0.1, 0.15) is 0 Å². The molecule has 0 radical (unpaired) electrons. The molecule has 0 aromatic heterocycles. The summed E-state index contributed by atoms with van der Waals surface area (Å²) in [5, 5.41) is 11.1. The number of anilines is 1. The molecule has 0 saturated heterocycles. The van der Waals surface area contributed by atoms with E-state index in [9.17, 15) is 14.0 Å². The minimum atomic E-state index is -1.14. The summed E-state index contributed by atoms with van der Waals surface area (Å²) < 4.78 is 13.7. The Morgan fingerprint density at radius 3 is 2.43 bits per heavy atom. The molecular formula is C14H8Cl2FNO3. The predicted molar refractivity (Wildman–Crippen MR) is 77.8 cm³/mol. The predicted octanol–water partition coefficient (Wildman–Crippen LogP) is 4.08. The number of carboxylic acids is 1. The number of carbonyl (C=O) groups excluding carboxylic acids is 1. The summed E-state index contributed by atoms with van der Waals surface area (Å²) in [6.07, 6.45) is 0. The van der Waals surface area contributed by atoms with Crippen molar-refractivity contribution in [2.75, 3.05) is 5.32 Å². The van der Waals surface area contributed by atoms with E-state index in [0.717, 1.165) is 0 Å². The lowest BCUT2D eigenvalue weighted by Crippen LogP contribution is -2.14. The SMILES string of the molecule is O=C(O)c1ccc(NC(=O)c2cccc(Cl)c2F)c(Cl)c1. The molecule has 2 N–H and O–H groups in total. The Balaban J connectivity index is 2.28. The van der Waals surface area contributed by atoms with Crippen molar-refractivity contribution in [1.29, 1.82) is 0 Å². The standard InChI is InChI=1S/C14H8Cl2FNO3/c15-9-3-1-2-8(12(9)17)13(19)18-11-5-4-7(14(20)21)6-10(11)16/h1-6H,(H,18,19)(H,20,21). The summed E-state index contributed by atoms with van der Waals surface area (Å²) in [4.78, 5) is 22.8. The third-order valence-electron chi connectivity index (χ3n) is 2.66. The van der Waals surface area contributed by atoms with Crippen molar-refractivity contribution in [3.63, 3.8) is 0 Å². The third kappa shape index (κ3) is 3.32. The molecule has 0 saturated carbocycles. The Kier molecular flexibility index (Phi) is 4.45. The molecule has 0 atom stereocenters. The average molecular weight is 328 g/mol. The highest BCUT2D eigenvalue weighted by Gasteiger charge is 2.16. The van der Waals surface area contributed by atoms with Gasteiger partial charge in [-0.05, 0) is 30.3 Å². The van der Waals surface area contributed by atoms with Crippen LogP contribution >= 0.6 is 23.2 Å². The van der Waals surface area contributed by atoms with E-state index < -0.39 is 17.7 Å². The Morgan fingerprint density at radius 1 is 1.10 bits per heavy atom. The first-order valence-electron chi connectivity index (χ1n) is 5.68. The van der Waals surface area contributed by atoms with Gasteiger partial charge in [-0.15, -0.1) is 0 Å². The number of aromatic carboxylic acids is 1. The third-order valence-corrected chi connectivity index (χ3v) is 3.27. The highest BCUT2D eigenvalue weighted by molar-refractivity contribution is 6.34. The van der Waals surface area contributed by atoms with Crippen LogP contribution in [0.15, 0.2) is 36.4 Å². The number of carboxylic acid groups (broad SMARTS) is 1. The van der Waals surface area contributed by atoms with Crippen molar-refractivity contribution in [3.05, 3.63) is 63.4 Å². The fourth-order valence-electron chi connectivity index (χ4n) is 1.62. The largest absolute Gasteiger partial charge is 0.478 e. The molecule has 0 aliphatic rings. The molecule has 4 nitrogen and oxygen atoms in total. The number of benzene rings is 2. The molecule has 0 unspecified atom stereocenters. The second kappa shape index (κ2) is 6.11. The fourth-order valence-corrected chi connectivity index (χ4v) is 2.02. The summed E-state index contributed by atoms with van der Waals surface area (Å²) in [6.45, 7) is 0.